The van der Waals surface area contributed by atoms with Gasteiger partial charge in [0.2, 0.25) is 0 Å². The van der Waals surface area contributed by atoms with E-state index >= 15 is 0 Å². The van der Waals surface area contributed by atoms with Crippen LogP contribution in [0.4, 0.5) is 4.79 Å². The molecule has 4 heteroatoms. The molecule has 1 fully saturated rings. The summed E-state index contributed by atoms with van der Waals surface area (Å²) in [5.41, 5.74) is -0.409. The third kappa shape index (κ3) is 4.54. The van der Waals surface area contributed by atoms with E-state index in [0.29, 0.717) is 12.0 Å². The molecular weight excluding hydrogens is 216 g/mol. The highest BCUT2D eigenvalue weighted by Gasteiger charge is 2.29. The van der Waals surface area contributed by atoms with Crippen LogP contribution >= 0.6 is 0 Å². The van der Waals surface area contributed by atoms with Crippen LogP contribution in [0.5, 0.6) is 0 Å². The van der Waals surface area contributed by atoms with E-state index in [1.165, 1.54) is 0 Å². The van der Waals surface area contributed by atoms with E-state index in [4.69, 9.17) is 4.74 Å². The Morgan fingerprint density at radius 2 is 2.18 bits per heavy atom. The molecule has 0 unspecified atom stereocenters. The molecule has 0 aromatic heterocycles. The zero-order valence-electron chi connectivity index (χ0n) is 11.7. The molecular formula is C13H26N2O2. The standard InChI is InChI=1S/C13H26N2O2/c1-6-10(2)11-9-15(8-7-14-11)12(16)17-13(3,4)5/h10-11,14H,6-9H2,1-5H3/t10-,11+/m0/s1. The number of hydrogen-bond acceptors (Lipinski definition) is 3. The Kier molecular flexibility index (Phi) is 4.80. The molecule has 0 aromatic carbocycles. The van der Waals surface area contributed by atoms with Gasteiger partial charge in [-0.1, -0.05) is 20.3 Å². The van der Waals surface area contributed by atoms with Crippen LogP contribution in [0.25, 0.3) is 0 Å². The molecule has 1 aliphatic rings. The summed E-state index contributed by atoms with van der Waals surface area (Å²) >= 11 is 0. The van der Waals surface area contributed by atoms with E-state index in [1.54, 1.807) is 0 Å². The number of nitrogens with zero attached hydrogens (tertiary/aromatic N) is 1. The molecule has 2 atom stereocenters. The molecule has 0 spiro atoms. The smallest absolute Gasteiger partial charge is 0.410 e. The van der Waals surface area contributed by atoms with Crippen molar-refractivity contribution in [1.29, 1.82) is 0 Å². The van der Waals surface area contributed by atoms with Crippen molar-refractivity contribution in [2.45, 2.75) is 52.7 Å². The van der Waals surface area contributed by atoms with Gasteiger partial charge in [-0.05, 0) is 26.7 Å². The van der Waals surface area contributed by atoms with Crippen LogP contribution in [0.2, 0.25) is 0 Å². The third-order valence-electron chi connectivity index (χ3n) is 3.19. The summed E-state index contributed by atoms with van der Waals surface area (Å²) in [5, 5.41) is 3.47. The minimum Gasteiger partial charge on any atom is -0.444 e. The van der Waals surface area contributed by atoms with Crippen LogP contribution in [0.1, 0.15) is 41.0 Å². The predicted molar refractivity (Wildman–Crippen MR) is 69.1 cm³/mol. The number of carbonyl (C=O) groups is 1. The fraction of sp³-hybridized carbons (Fsp3) is 0.923. The van der Waals surface area contributed by atoms with Gasteiger partial charge in [0, 0.05) is 25.7 Å². The van der Waals surface area contributed by atoms with E-state index in [2.05, 4.69) is 19.2 Å². The van der Waals surface area contributed by atoms with Crippen molar-refractivity contribution in [3.05, 3.63) is 0 Å². The van der Waals surface area contributed by atoms with Crippen molar-refractivity contribution >= 4 is 6.09 Å². The number of amides is 1. The second-order valence-corrected chi connectivity index (χ2v) is 5.87. The quantitative estimate of drug-likeness (QED) is 0.807. The zero-order chi connectivity index (χ0) is 13.1. The molecule has 1 amide bonds. The highest BCUT2D eigenvalue weighted by atomic mass is 16.6. The lowest BCUT2D eigenvalue weighted by molar-refractivity contribution is 0.0175. The van der Waals surface area contributed by atoms with Crippen LogP contribution in [0.15, 0.2) is 0 Å². The van der Waals surface area contributed by atoms with Crippen LogP contribution < -0.4 is 5.32 Å². The van der Waals surface area contributed by atoms with Crippen LogP contribution in [0.3, 0.4) is 0 Å². The van der Waals surface area contributed by atoms with Gasteiger partial charge in [0.1, 0.15) is 5.60 Å². The van der Waals surface area contributed by atoms with E-state index in [0.717, 1.165) is 26.1 Å². The first-order chi connectivity index (χ1) is 7.83. The first kappa shape index (κ1) is 14.3. The lowest BCUT2D eigenvalue weighted by Crippen LogP contribution is -2.55. The predicted octanol–water partition coefficient (Wildman–Crippen LogP) is 2.24. The number of rotatable bonds is 2. The van der Waals surface area contributed by atoms with E-state index < -0.39 is 5.60 Å². The molecule has 4 nitrogen and oxygen atoms in total. The number of ether oxygens (including phenoxy) is 1. The maximum absolute atomic E-state index is 11.9. The molecule has 0 radical (unpaired) electrons. The molecule has 0 saturated carbocycles. The summed E-state index contributed by atoms with van der Waals surface area (Å²) in [6.07, 6.45) is 0.937. The first-order valence-corrected chi connectivity index (χ1v) is 6.54. The van der Waals surface area contributed by atoms with Crippen LogP contribution in [-0.2, 0) is 4.74 Å². The number of hydrogen-bond donors (Lipinski definition) is 1. The fourth-order valence-electron chi connectivity index (χ4n) is 1.94. The summed E-state index contributed by atoms with van der Waals surface area (Å²) in [5.74, 6) is 0.584. The molecule has 1 rings (SSSR count). The summed E-state index contributed by atoms with van der Waals surface area (Å²) in [6.45, 7) is 12.5. The van der Waals surface area contributed by atoms with Gasteiger partial charge in [-0.25, -0.2) is 4.79 Å². The monoisotopic (exact) mass is 242 g/mol. The van der Waals surface area contributed by atoms with Gasteiger partial charge in [0.15, 0.2) is 0 Å². The minimum absolute atomic E-state index is 0.188. The van der Waals surface area contributed by atoms with Gasteiger partial charge in [0.25, 0.3) is 0 Å². The van der Waals surface area contributed by atoms with Gasteiger partial charge in [-0.3, -0.25) is 0 Å². The Morgan fingerprint density at radius 3 is 2.71 bits per heavy atom. The fourth-order valence-corrected chi connectivity index (χ4v) is 1.94. The lowest BCUT2D eigenvalue weighted by Gasteiger charge is -2.37. The third-order valence-corrected chi connectivity index (χ3v) is 3.19. The maximum atomic E-state index is 11.9. The lowest BCUT2D eigenvalue weighted by atomic mass is 9.97. The summed E-state index contributed by atoms with van der Waals surface area (Å²) in [7, 11) is 0. The van der Waals surface area contributed by atoms with Crippen molar-refractivity contribution in [2.24, 2.45) is 5.92 Å². The van der Waals surface area contributed by atoms with Crippen molar-refractivity contribution < 1.29 is 9.53 Å². The summed E-state index contributed by atoms with van der Waals surface area (Å²) < 4.78 is 5.40. The Hall–Kier alpha value is -0.770. The Bertz CT molecular complexity index is 261. The second-order valence-electron chi connectivity index (χ2n) is 5.87. The number of nitrogens with one attached hydrogen (secondary N) is 1. The van der Waals surface area contributed by atoms with Crippen molar-refractivity contribution in [2.75, 3.05) is 19.6 Å². The second kappa shape index (κ2) is 5.71. The first-order valence-electron chi connectivity index (χ1n) is 6.54. The highest BCUT2D eigenvalue weighted by molar-refractivity contribution is 5.68. The average molecular weight is 242 g/mol. The molecule has 0 aromatic rings. The van der Waals surface area contributed by atoms with Gasteiger partial charge < -0.3 is 15.0 Å². The van der Waals surface area contributed by atoms with Gasteiger partial charge in [-0.15, -0.1) is 0 Å². The zero-order valence-corrected chi connectivity index (χ0v) is 11.7. The minimum atomic E-state index is -0.409. The highest BCUT2D eigenvalue weighted by Crippen LogP contribution is 2.15. The van der Waals surface area contributed by atoms with E-state index in [-0.39, 0.29) is 6.09 Å². The van der Waals surface area contributed by atoms with Crippen LogP contribution in [0, 0.1) is 5.92 Å². The molecule has 0 aliphatic carbocycles. The van der Waals surface area contributed by atoms with Crippen LogP contribution in [-0.4, -0.2) is 42.3 Å². The van der Waals surface area contributed by atoms with Gasteiger partial charge in [0.05, 0.1) is 0 Å². The summed E-state index contributed by atoms with van der Waals surface area (Å²) in [4.78, 5) is 13.8. The molecule has 1 saturated heterocycles. The molecule has 0 bridgehead atoms. The normalized spacial score (nSPS) is 23.4. The Labute approximate surface area is 105 Å². The van der Waals surface area contributed by atoms with Crippen molar-refractivity contribution in [1.82, 2.24) is 10.2 Å². The Morgan fingerprint density at radius 1 is 1.53 bits per heavy atom. The average Bonchev–Trinajstić information content (AvgIpc) is 2.26. The number of piperazine rings is 1. The van der Waals surface area contributed by atoms with Crippen molar-refractivity contribution in [3.63, 3.8) is 0 Å². The van der Waals surface area contributed by atoms with Gasteiger partial charge >= 0.3 is 6.09 Å². The molecule has 1 N–H and O–H groups in total. The largest absolute Gasteiger partial charge is 0.444 e. The number of carbonyl (C=O) groups excluding carboxylic acids is 1. The Balaban J connectivity index is 2.52. The molecule has 1 aliphatic heterocycles. The SMILES string of the molecule is CC[C@H](C)[C@H]1CN(C(=O)OC(C)(C)C)CCN1. The van der Waals surface area contributed by atoms with Crippen molar-refractivity contribution in [3.8, 4) is 0 Å². The maximum Gasteiger partial charge on any atom is 0.410 e. The molecule has 100 valence electrons. The van der Waals surface area contributed by atoms with Gasteiger partial charge in [-0.2, -0.15) is 0 Å². The topological polar surface area (TPSA) is 41.6 Å². The summed E-state index contributed by atoms with van der Waals surface area (Å²) in [6, 6.07) is 0.390. The molecule has 17 heavy (non-hydrogen) atoms. The van der Waals surface area contributed by atoms with E-state index in [9.17, 15) is 4.79 Å². The van der Waals surface area contributed by atoms with E-state index in [1.807, 2.05) is 25.7 Å². The molecule has 1 heterocycles.